The smallest absolute Gasteiger partial charge is 0.123 e. The van der Waals surface area contributed by atoms with Gasteiger partial charge >= 0.3 is 0 Å². The zero-order valence-corrected chi connectivity index (χ0v) is 11.5. The summed E-state index contributed by atoms with van der Waals surface area (Å²) in [5, 5.41) is 8.30. The Bertz CT molecular complexity index is 596. The fourth-order valence-electron chi connectivity index (χ4n) is 1.59. The first-order valence-corrected chi connectivity index (χ1v) is 6.64. The molecule has 2 aromatic rings. The highest BCUT2D eigenvalue weighted by molar-refractivity contribution is 7.99. The van der Waals surface area contributed by atoms with Crippen molar-refractivity contribution in [3.63, 3.8) is 0 Å². The van der Waals surface area contributed by atoms with Crippen LogP contribution in [0.3, 0.4) is 0 Å². The summed E-state index contributed by atoms with van der Waals surface area (Å²) in [5.41, 5.74) is 7.49. The molecule has 0 heterocycles. The second-order valence-corrected chi connectivity index (χ2v) is 5.52. The third-order valence-electron chi connectivity index (χ3n) is 2.45. The first kappa shape index (κ1) is 13.0. The first-order valence-electron chi connectivity index (χ1n) is 5.45. The molecule has 0 aliphatic heterocycles. The molecule has 2 nitrogen and oxygen atoms in total. The molecule has 0 aromatic heterocycles. The number of benzene rings is 2. The molecule has 2 rings (SSSR count). The van der Waals surface area contributed by atoms with Crippen LogP contribution in [0, 0.1) is 12.3 Å². The molecule has 92 valence electrons. The van der Waals surface area contributed by atoms with Gasteiger partial charge in [0.25, 0.3) is 0 Å². The van der Waals surface area contributed by atoms with E-state index in [9.17, 15) is 0 Å². The third-order valence-corrected chi connectivity index (χ3v) is 3.73. The van der Waals surface area contributed by atoms with E-state index in [0.717, 1.165) is 20.9 Å². The maximum absolute atomic E-state index is 7.59. The summed E-state index contributed by atoms with van der Waals surface area (Å²) in [5.74, 6) is 0.0829. The first-order chi connectivity index (χ1) is 8.56. The van der Waals surface area contributed by atoms with Crippen molar-refractivity contribution in [3.8, 4) is 0 Å². The number of aryl methyl sites for hydroxylation is 1. The van der Waals surface area contributed by atoms with E-state index in [4.69, 9.17) is 22.7 Å². The summed E-state index contributed by atoms with van der Waals surface area (Å²) < 4.78 is 0. The van der Waals surface area contributed by atoms with Crippen LogP contribution >= 0.6 is 23.4 Å². The molecule has 18 heavy (non-hydrogen) atoms. The van der Waals surface area contributed by atoms with Gasteiger partial charge in [0.1, 0.15) is 5.84 Å². The van der Waals surface area contributed by atoms with Gasteiger partial charge in [-0.05, 0) is 42.8 Å². The average Bonchev–Trinajstić information content (AvgIpc) is 2.28. The van der Waals surface area contributed by atoms with Gasteiger partial charge in [-0.1, -0.05) is 35.5 Å². The molecule has 0 saturated carbocycles. The Morgan fingerprint density at radius 1 is 1.22 bits per heavy atom. The lowest BCUT2D eigenvalue weighted by atomic mass is 10.1. The Morgan fingerprint density at radius 2 is 2.00 bits per heavy atom. The van der Waals surface area contributed by atoms with Crippen LogP contribution in [0.4, 0.5) is 0 Å². The van der Waals surface area contributed by atoms with Gasteiger partial charge in [-0.25, -0.2) is 0 Å². The summed E-state index contributed by atoms with van der Waals surface area (Å²) in [6, 6.07) is 13.5. The van der Waals surface area contributed by atoms with Gasteiger partial charge < -0.3 is 5.73 Å². The lowest BCUT2D eigenvalue weighted by molar-refractivity contribution is 1.29. The Labute approximate surface area is 116 Å². The van der Waals surface area contributed by atoms with Gasteiger partial charge in [0.2, 0.25) is 0 Å². The highest BCUT2D eigenvalue weighted by Gasteiger charge is 2.07. The van der Waals surface area contributed by atoms with Gasteiger partial charge in [-0.15, -0.1) is 0 Å². The normalized spacial score (nSPS) is 10.3. The van der Waals surface area contributed by atoms with E-state index < -0.39 is 0 Å². The molecule has 0 radical (unpaired) electrons. The Balaban J connectivity index is 2.39. The second kappa shape index (κ2) is 5.46. The standard InChI is InChI=1S/C14H13ClN2S/c1-9-5-6-12(14(16)17)13(7-9)18-11-4-2-3-10(15)8-11/h2-8H,1H3,(H3,16,17). The molecule has 0 saturated heterocycles. The van der Waals surface area contributed by atoms with Crippen molar-refractivity contribution >= 4 is 29.2 Å². The number of amidine groups is 1. The lowest BCUT2D eigenvalue weighted by Crippen LogP contribution is -2.12. The molecule has 0 unspecified atom stereocenters. The number of halogens is 1. The molecule has 0 bridgehead atoms. The lowest BCUT2D eigenvalue weighted by Gasteiger charge is -2.09. The molecular formula is C14H13ClN2S. The van der Waals surface area contributed by atoms with Crippen LogP contribution < -0.4 is 5.73 Å². The van der Waals surface area contributed by atoms with Gasteiger partial charge in [0, 0.05) is 20.4 Å². The van der Waals surface area contributed by atoms with Crippen molar-refractivity contribution in [2.24, 2.45) is 5.73 Å². The average molecular weight is 277 g/mol. The summed E-state index contributed by atoms with van der Waals surface area (Å²) in [7, 11) is 0. The van der Waals surface area contributed by atoms with E-state index in [1.165, 1.54) is 0 Å². The minimum absolute atomic E-state index is 0.0829. The van der Waals surface area contributed by atoms with Gasteiger partial charge in [0.15, 0.2) is 0 Å². The number of rotatable bonds is 3. The van der Waals surface area contributed by atoms with E-state index in [-0.39, 0.29) is 5.84 Å². The minimum atomic E-state index is 0.0829. The molecule has 0 spiro atoms. The van der Waals surface area contributed by atoms with Gasteiger partial charge in [-0.2, -0.15) is 0 Å². The molecule has 0 fully saturated rings. The maximum Gasteiger partial charge on any atom is 0.123 e. The topological polar surface area (TPSA) is 49.9 Å². The van der Waals surface area contributed by atoms with Crippen LogP contribution in [0.1, 0.15) is 11.1 Å². The summed E-state index contributed by atoms with van der Waals surface area (Å²) in [6.45, 7) is 2.02. The van der Waals surface area contributed by atoms with Crippen molar-refractivity contribution in [3.05, 3.63) is 58.6 Å². The van der Waals surface area contributed by atoms with Crippen molar-refractivity contribution < 1.29 is 0 Å². The van der Waals surface area contributed by atoms with E-state index in [1.54, 1.807) is 11.8 Å². The Kier molecular flexibility index (Phi) is 3.94. The van der Waals surface area contributed by atoms with Crippen molar-refractivity contribution in [2.45, 2.75) is 16.7 Å². The fraction of sp³-hybridized carbons (Fsp3) is 0.0714. The zero-order valence-electron chi connectivity index (χ0n) is 9.91. The maximum atomic E-state index is 7.59. The molecule has 0 aliphatic rings. The second-order valence-electron chi connectivity index (χ2n) is 3.97. The summed E-state index contributed by atoms with van der Waals surface area (Å²) >= 11 is 7.53. The van der Waals surface area contributed by atoms with Gasteiger partial charge in [-0.3, -0.25) is 5.41 Å². The molecule has 3 N–H and O–H groups in total. The monoisotopic (exact) mass is 276 g/mol. The fourth-order valence-corrected chi connectivity index (χ4v) is 2.97. The molecular weight excluding hydrogens is 264 g/mol. The molecule has 0 aliphatic carbocycles. The third kappa shape index (κ3) is 3.06. The largest absolute Gasteiger partial charge is 0.384 e. The Morgan fingerprint density at radius 3 is 2.67 bits per heavy atom. The number of nitrogen functional groups attached to an aromatic ring is 1. The van der Waals surface area contributed by atoms with Crippen molar-refractivity contribution in [2.75, 3.05) is 0 Å². The van der Waals surface area contributed by atoms with Crippen LogP contribution in [0.2, 0.25) is 5.02 Å². The molecule has 0 amide bonds. The minimum Gasteiger partial charge on any atom is -0.384 e. The Hall–Kier alpha value is -1.45. The quantitative estimate of drug-likeness (QED) is 0.655. The van der Waals surface area contributed by atoms with Crippen LogP contribution in [0.25, 0.3) is 0 Å². The number of hydrogen-bond acceptors (Lipinski definition) is 2. The molecule has 2 aromatic carbocycles. The van der Waals surface area contributed by atoms with E-state index in [2.05, 4.69) is 0 Å². The van der Waals surface area contributed by atoms with Crippen molar-refractivity contribution in [1.82, 2.24) is 0 Å². The van der Waals surface area contributed by atoms with Crippen LogP contribution in [-0.4, -0.2) is 5.84 Å². The van der Waals surface area contributed by atoms with Crippen LogP contribution in [0.15, 0.2) is 52.3 Å². The molecule has 0 atom stereocenters. The highest BCUT2D eigenvalue weighted by atomic mass is 35.5. The van der Waals surface area contributed by atoms with E-state index in [0.29, 0.717) is 5.02 Å². The van der Waals surface area contributed by atoms with E-state index >= 15 is 0 Å². The van der Waals surface area contributed by atoms with Gasteiger partial charge in [0.05, 0.1) is 0 Å². The number of nitrogens with one attached hydrogen (secondary N) is 1. The predicted molar refractivity (Wildman–Crippen MR) is 77.8 cm³/mol. The van der Waals surface area contributed by atoms with E-state index in [1.807, 2.05) is 49.4 Å². The number of hydrogen-bond donors (Lipinski definition) is 2. The SMILES string of the molecule is Cc1ccc(C(=N)N)c(Sc2cccc(Cl)c2)c1. The zero-order chi connectivity index (χ0) is 13.1. The molecule has 4 heteroatoms. The van der Waals surface area contributed by atoms with Crippen molar-refractivity contribution in [1.29, 1.82) is 5.41 Å². The number of nitrogens with two attached hydrogens (primary N) is 1. The summed E-state index contributed by atoms with van der Waals surface area (Å²) in [6.07, 6.45) is 0. The highest BCUT2D eigenvalue weighted by Crippen LogP contribution is 2.32. The summed E-state index contributed by atoms with van der Waals surface area (Å²) in [4.78, 5) is 2.01. The van der Waals surface area contributed by atoms with Crippen LogP contribution in [0.5, 0.6) is 0 Å². The predicted octanol–water partition coefficient (Wildman–Crippen LogP) is 4.08. The van der Waals surface area contributed by atoms with Crippen LogP contribution in [-0.2, 0) is 0 Å².